The average Bonchev–Trinajstić information content (AvgIpc) is 2.50. The second kappa shape index (κ2) is 7.01. The van der Waals surface area contributed by atoms with E-state index in [0.717, 1.165) is 0 Å². The number of hydrogen-bond donors (Lipinski definition) is 0. The van der Waals surface area contributed by atoms with E-state index in [0.29, 0.717) is 0 Å². The van der Waals surface area contributed by atoms with Crippen LogP contribution in [0.1, 0.15) is 0 Å². The van der Waals surface area contributed by atoms with Gasteiger partial charge in [-0.25, -0.2) is 4.39 Å². The van der Waals surface area contributed by atoms with Gasteiger partial charge in [0, 0.05) is 0 Å². The largest absolute Gasteiger partial charge is 0.460 e. The highest BCUT2D eigenvalue weighted by Crippen LogP contribution is 2.62. The van der Waals surface area contributed by atoms with Gasteiger partial charge in [-0.15, -0.1) is 0 Å². The van der Waals surface area contributed by atoms with E-state index in [1.165, 1.54) is 0 Å². The molecule has 0 nitrogen and oxygen atoms in total. The van der Waals surface area contributed by atoms with Crippen molar-refractivity contribution in [2.75, 3.05) is 0 Å². The summed E-state index contributed by atoms with van der Waals surface area (Å²) >= 11 is 0. The van der Waals surface area contributed by atoms with Gasteiger partial charge in [-0.1, -0.05) is 0 Å². The van der Waals surface area contributed by atoms with Gasteiger partial charge in [-0.3, -0.25) is 0 Å². The van der Waals surface area contributed by atoms with Crippen LogP contribution in [-0.4, -0.2) is 60.0 Å². The smallest absolute Gasteiger partial charge is 0.234 e. The lowest BCUT2D eigenvalue weighted by Crippen LogP contribution is -2.73. The monoisotopic (exact) mass is 520 g/mol. The first-order chi connectivity index (χ1) is 12.9. The highest BCUT2D eigenvalue weighted by Gasteiger charge is 2.92. The summed E-state index contributed by atoms with van der Waals surface area (Å²) < 4.78 is 263. The lowest BCUT2D eigenvalue weighted by Gasteiger charge is -2.41. The zero-order valence-corrected chi connectivity index (χ0v) is 13.0. The Balaban J connectivity index is 6.70. The second-order valence-electron chi connectivity index (χ2n) is 5.48. The lowest BCUT2D eigenvalue weighted by atomic mass is 9.89. The number of halogens is 21. The molecule has 0 bridgehead atoms. The molecule has 1 unspecified atom stereocenters. The number of alkyl halides is 21. The van der Waals surface area contributed by atoms with Crippen molar-refractivity contribution < 1.29 is 92.2 Å². The van der Waals surface area contributed by atoms with E-state index in [-0.39, 0.29) is 0 Å². The normalized spacial score (nSPS) is 17.7. The topological polar surface area (TPSA) is 0 Å². The predicted molar refractivity (Wildman–Crippen MR) is 51.6 cm³/mol. The molecule has 0 aliphatic heterocycles. The minimum Gasteiger partial charge on any atom is -0.234 e. The maximum atomic E-state index is 13.1. The Labute approximate surface area is 153 Å². The zero-order chi connectivity index (χ0) is 26.1. The number of rotatable bonds is 7. The van der Waals surface area contributed by atoms with Crippen LogP contribution in [0.5, 0.6) is 0 Å². The van der Waals surface area contributed by atoms with Gasteiger partial charge in [0.2, 0.25) is 6.17 Å². The summed E-state index contributed by atoms with van der Waals surface area (Å²) in [5.74, 6) is -59.3. The third kappa shape index (κ3) is 3.71. The SMILES string of the molecule is FC(C(F)(F)C(F)(F)C(F)(F)C(F)(F)F)C(F)(F)C(F)(F)C(F)(F)C(F)(F)C(F)(F)F. The summed E-state index contributed by atoms with van der Waals surface area (Å²) in [7, 11) is 0. The van der Waals surface area contributed by atoms with Crippen LogP contribution in [0.15, 0.2) is 0 Å². The van der Waals surface area contributed by atoms with Crippen LogP contribution in [0.3, 0.4) is 0 Å². The van der Waals surface area contributed by atoms with Crippen molar-refractivity contribution in [1.82, 2.24) is 0 Å². The van der Waals surface area contributed by atoms with Crippen LogP contribution < -0.4 is 0 Å². The zero-order valence-electron chi connectivity index (χ0n) is 13.0. The van der Waals surface area contributed by atoms with Crippen molar-refractivity contribution in [2.24, 2.45) is 0 Å². The molecule has 0 aromatic rings. The van der Waals surface area contributed by atoms with Crippen molar-refractivity contribution in [1.29, 1.82) is 0 Å². The molecule has 1 atom stereocenters. The van der Waals surface area contributed by atoms with E-state index in [2.05, 4.69) is 0 Å². The second-order valence-corrected chi connectivity index (χ2v) is 5.48. The van der Waals surface area contributed by atoms with E-state index in [1.54, 1.807) is 0 Å². The van der Waals surface area contributed by atoms with Crippen LogP contribution in [0.2, 0.25) is 0 Å². The van der Waals surface area contributed by atoms with Gasteiger partial charge >= 0.3 is 53.8 Å². The molecule has 0 rings (SSSR count). The Morgan fingerprint density at radius 1 is 0.290 bits per heavy atom. The lowest BCUT2D eigenvalue weighted by molar-refractivity contribution is -0.445. The Bertz CT molecular complexity index is 646. The van der Waals surface area contributed by atoms with Gasteiger partial charge in [0.25, 0.3) is 0 Å². The molecule has 0 N–H and O–H groups in total. The van der Waals surface area contributed by atoms with Crippen LogP contribution in [-0.2, 0) is 0 Å². The van der Waals surface area contributed by atoms with Gasteiger partial charge in [0.05, 0.1) is 0 Å². The molecule has 0 saturated carbocycles. The van der Waals surface area contributed by atoms with E-state index in [4.69, 9.17) is 0 Å². The van der Waals surface area contributed by atoms with Crippen LogP contribution in [0.4, 0.5) is 92.2 Å². The van der Waals surface area contributed by atoms with Crippen molar-refractivity contribution in [3.63, 3.8) is 0 Å². The molecule has 188 valence electrons. The molecule has 0 heterocycles. The molecule has 0 aromatic heterocycles. The molecule has 0 amide bonds. The molecular weight excluding hydrogens is 519 g/mol. The van der Waals surface area contributed by atoms with Crippen molar-refractivity contribution >= 4 is 0 Å². The first-order valence-corrected chi connectivity index (χ1v) is 6.33. The molecule has 31 heavy (non-hydrogen) atoms. The fraction of sp³-hybridized carbons (Fsp3) is 1.00. The Kier molecular flexibility index (Phi) is 6.68. The van der Waals surface area contributed by atoms with Crippen molar-refractivity contribution in [3.05, 3.63) is 0 Å². The molecule has 21 heteroatoms. The summed E-state index contributed by atoms with van der Waals surface area (Å²) in [6, 6.07) is 0. The van der Waals surface area contributed by atoms with Gasteiger partial charge in [0.15, 0.2) is 0 Å². The van der Waals surface area contributed by atoms with E-state index in [9.17, 15) is 92.2 Å². The molecule has 0 saturated heterocycles. The highest BCUT2D eigenvalue weighted by molar-refractivity contribution is 5.14. The molecule has 0 spiro atoms. The predicted octanol–water partition coefficient (Wildman–Crippen LogP) is 6.90. The Morgan fingerprint density at radius 3 is 0.710 bits per heavy atom. The molecule has 0 aliphatic carbocycles. The quantitative estimate of drug-likeness (QED) is 0.321. The summed E-state index contributed by atoms with van der Waals surface area (Å²) in [4.78, 5) is 0. The first kappa shape index (κ1) is 29.5. The minimum absolute atomic E-state index is 7.28. The van der Waals surface area contributed by atoms with E-state index in [1.807, 2.05) is 0 Å². The summed E-state index contributed by atoms with van der Waals surface area (Å²) in [5.41, 5.74) is 0. The molecule has 0 aromatic carbocycles. The Morgan fingerprint density at radius 2 is 0.484 bits per heavy atom. The van der Waals surface area contributed by atoms with E-state index < -0.39 is 60.0 Å². The molecule has 0 aliphatic rings. The van der Waals surface area contributed by atoms with Crippen molar-refractivity contribution in [3.8, 4) is 0 Å². The fourth-order valence-corrected chi connectivity index (χ4v) is 1.52. The summed E-state index contributed by atoms with van der Waals surface area (Å²) in [6.45, 7) is 0. The average molecular weight is 520 g/mol. The number of hydrogen-bond acceptors (Lipinski definition) is 0. The van der Waals surface area contributed by atoms with E-state index >= 15 is 0 Å². The minimum atomic E-state index is -8.72. The highest BCUT2D eigenvalue weighted by atomic mass is 19.4. The maximum absolute atomic E-state index is 13.1. The van der Waals surface area contributed by atoms with Gasteiger partial charge < -0.3 is 0 Å². The fourth-order valence-electron chi connectivity index (χ4n) is 1.52. The molecule has 0 radical (unpaired) electrons. The third-order valence-electron chi connectivity index (χ3n) is 3.37. The molecule has 0 fully saturated rings. The summed E-state index contributed by atoms with van der Waals surface area (Å²) in [5, 5.41) is 0. The van der Waals surface area contributed by atoms with Crippen LogP contribution in [0.25, 0.3) is 0 Å². The van der Waals surface area contributed by atoms with Gasteiger partial charge in [-0.05, 0) is 0 Å². The standard InChI is InChI=1S/C10HF21/c11-1(3(14,15)5(18,19)7(22,23)9(26,27)28)2(12,13)4(16,17)6(20,21)8(24,25)10(29,30)31/h1H. The Hall–Kier alpha value is -1.47. The summed E-state index contributed by atoms with van der Waals surface area (Å²) in [6.07, 6.45) is -23.0. The van der Waals surface area contributed by atoms with Crippen molar-refractivity contribution in [2.45, 2.75) is 60.0 Å². The molecular formula is C10HF21. The van der Waals surface area contributed by atoms with Crippen LogP contribution >= 0.6 is 0 Å². The van der Waals surface area contributed by atoms with Gasteiger partial charge in [0.1, 0.15) is 0 Å². The van der Waals surface area contributed by atoms with Gasteiger partial charge in [-0.2, -0.15) is 87.8 Å². The first-order valence-electron chi connectivity index (χ1n) is 6.33. The third-order valence-corrected chi connectivity index (χ3v) is 3.37. The maximum Gasteiger partial charge on any atom is 0.460 e. The van der Waals surface area contributed by atoms with Crippen LogP contribution in [0, 0.1) is 0 Å².